The third-order valence-electron chi connectivity index (χ3n) is 2.56. The summed E-state index contributed by atoms with van der Waals surface area (Å²) in [6.45, 7) is 3.52. The Morgan fingerprint density at radius 1 is 1.15 bits per heavy atom. The van der Waals surface area contributed by atoms with Crippen molar-refractivity contribution in [1.29, 1.82) is 0 Å². The van der Waals surface area contributed by atoms with Crippen molar-refractivity contribution in [2.45, 2.75) is 25.8 Å². The lowest BCUT2D eigenvalue weighted by atomic mass is 10.1. The van der Waals surface area contributed by atoms with Gasteiger partial charge < -0.3 is 0 Å². The standard InChI is InChI=1S/C11H16N2/c1-4-8-13(9-5-1)10-11-6-2-3-7-12-11/h2-3,6-7H,1,4-5,8-10H2. The topological polar surface area (TPSA) is 16.1 Å². The first-order valence-electron chi connectivity index (χ1n) is 5.07. The second-order valence-corrected chi connectivity index (χ2v) is 3.66. The van der Waals surface area contributed by atoms with Gasteiger partial charge in [0.05, 0.1) is 5.69 Å². The number of rotatable bonds is 2. The lowest BCUT2D eigenvalue weighted by Crippen LogP contribution is -2.29. The van der Waals surface area contributed by atoms with Crippen LogP contribution in [0.1, 0.15) is 25.0 Å². The minimum absolute atomic E-state index is 1.03. The first-order chi connectivity index (χ1) is 6.45. The van der Waals surface area contributed by atoms with Crippen molar-refractivity contribution in [1.82, 2.24) is 9.88 Å². The number of pyridine rings is 1. The molecule has 0 radical (unpaired) electrons. The Hall–Kier alpha value is -0.890. The molecule has 0 bridgehead atoms. The number of hydrogen-bond donors (Lipinski definition) is 0. The van der Waals surface area contributed by atoms with Gasteiger partial charge in [-0.2, -0.15) is 0 Å². The van der Waals surface area contributed by atoms with Gasteiger partial charge in [0.15, 0.2) is 0 Å². The fourth-order valence-corrected chi connectivity index (χ4v) is 1.84. The predicted octanol–water partition coefficient (Wildman–Crippen LogP) is 2.07. The Bertz CT molecular complexity index is 240. The number of hydrogen-bond acceptors (Lipinski definition) is 2. The molecule has 70 valence electrons. The van der Waals surface area contributed by atoms with Crippen LogP contribution >= 0.6 is 0 Å². The van der Waals surface area contributed by atoms with E-state index in [1.807, 2.05) is 12.3 Å². The highest BCUT2D eigenvalue weighted by Gasteiger charge is 2.10. The van der Waals surface area contributed by atoms with Crippen molar-refractivity contribution >= 4 is 0 Å². The molecule has 0 amide bonds. The van der Waals surface area contributed by atoms with Crippen LogP contribution in [0, 0.1) is 0 Å². The summed E-state index contributed by atoms with van der Waals surface area (Å²) in [4.78, 5) is 6.82. The average molecular weight is 176 g/mol. The van der Waals surface area contributed by atoms with Crippen LogP contribution in [0.3, 0.4) is 0 Å². The van der Waals surface area contributed by atoms with E-state index in [0.717, 1.165) is 6.54 Å². The van der Waals surface area contributed by atoms with E-state index in [1.54, 1.807) is 0 Å². The molecule has 0 aliphatic carbocycles. The van der Waals surface area contributed by atoms with Gasteiger partial charge in [-0.25, -0.2) is 0 Å². The van der Waals surface area contributed by atoms with Crippen molar-refractivity contribution in [3.63, 3.8) is 0 Å². The third kappa shape index (κ3) is 2.52. The number of likely N-dealkylation sites (tertiary alicyclic amines) is 1. The molecule has 2 heteroatoms. The van der Waals surface area contributed by atoms with E-state index in [-0.39, 0.29) is 0 Å². The molecule has 1 aromatic rings. The normalized spacial score (nSPS) is 18.8. The Kier molecular flexibility index (Phi) is 2.93. The highest BCUT2D eigenvalue weighted by atomic mass is 15.1. The highest BCUT2D eigenvalue weighted by Crippen LogP contribution is 2.11. The molecule has 2 heterocycles. The lowest BCUT2D eigenvalue weighted by molar-refractivity contribution is 0.218. The zero-order chi connectivity index (χ0) is 8.93. The van der Waals surface area contributed by atoms with Crippen LogP contribution in [-0.4, -0.2) is 23.0 Å². The molecule has 0 N–H and O–H groups in total. The van der Waals surface area contributed by atoms with E-state index in [9.17, 15) is 0 Å². The summed E-state index contributed by atoms with van der Waals surface area (Å²) in [6.07, 6.45) is 5.98. The summed E-state index contributed by atoms with van der Waals surface area (Å²) in [5.74, 6) is 0. The Morgan fingerprint density at radius 2 is 2.00 bits per heavy atom. The lowest BCUT2D eigenvalue weighted by Gasteiger charge is -2.25. The smallest absolute Gasteiger partial charge is 0.0543 e. The van der Waals surface area contributed by atoms with Crippen LogP contribution in [0.2, 0.25) is 0 Å². The molecule has 1 aliphatic rings. The number of aromatic nitrogens is 1. The molecule has 1 saturated heterocycles. The molecule has 2 rings (SSSR count). The second-order valence-electron chi connectivity index (χ2n) is 3.66. The molecule has 1 aromatic heterocycles. The molecule has 0 unspecified atom stereocenters. The van der Waals surface area contributed by atoms with Crippen LogP contribution in [-0.2, 0) is 6.54 Å². The van der Waals surface area contributed by atoms with Crippen LogP contribution in [0.5, 0.6) is 0 Å². The SMILES string of the molecule is c1ccc(CN2CCCCC2)nc1. The molecule has 0 atom stereocenters. The van der Waals surface area contributed by atoms with Gasteiger partial charge in [-0.3, -0.25) is 9.88 Å². The molecule has 1 fully saturated rings. The zero-order valence-corrected chi connectivity index (χ0v) is 7.95. The van der Waals surface area contributed by atoms with Crippen molar-refractivity contribution in [3.05, 3.63) is 30.1 Å². The third-order valence-corrected chi connectivity index (χ3v) is 2.56. The second kappa shape index (κ2) is 4.38. The fraction of sp³-hybridized carbons (Fsp3) is 0.545. The Labute approximate surface area is 79.6 Å². The van der Waals surface area contributed by atoms with Gasteiger partial charge in [-0.05, 0) is 38.1 Å². The van der Waals surface area contributed by atoms with Crippen LogP contribution in [0.15, 0.2) is 24.4 Å². The van der Waals surface area contributed by atoms with E-state index in [2.05, 4.69) is 22.0 Å². The highest BCUT2D eigenvalue weighted by molar-refractivity contribution is 5.03. The summed E-state index contributed by atoms with van der Waals surface area (Å²) in [5.41, 5.74) is 1.20. The maximum Gasteiger partial charge on any atom is 0.0543 e. The summed E-state index contributed by atoms with van der Waals surface area (Å²) in [7, 11) is 0. The van der Waals surface area contributed by atoms with Gasteiger partial charge in [-0.1, -0.05) is 12.5 Å². The number of piperidine rings is 1. The van der Waals surface area contributed by atoms with E-state index in [0.29, 0.717) is 0 Å². The minimum atomic E-state index is 1.03. The average Bonchev–Trinajstić information content (AvgIpc) is 2.21. The van der Waals surface area contributed by atoms with Gasteiger partial charge in [0.2, 0.25) is 0 Å². The van der Waals surface area contributed by atoms with Crippen LogP contribution in [0.25, 0.3) is 0 Å². The molecule has 0 saturated carbocycles. The van der Waals surface area contributed by atoms with E-state index in [4.69, 9.17) is 0 Å². The fourth-order valence-electron chi connectivity index (χ4n) is 1.84. The van der Waals surface area contributed by atoms with Gasteiger partial charge in [0.25, 0.3) is 0 Å². The van der Waals surface area contributed by atoms with Crippen LogP contribution < -0.4 is 0 Å². The summed E-state index contributed by atoms with van der Waals surface area (Å²) >= 11 is 0. The van der Waals surface area contributed by atoms with E-state index >= 15 is 0 Å². The van der Waals surface area contributed by atoms with Gasteiger partial charge in [-0.15, -0.1) is 0 Å². The number of nitrogens with zero attached hydrogens (tertiary/aromatic N) is 2. The van der Waals surface area contributed by atoms with Gasteiger partial charge in [0.1, 0.15) is 0 Å². The van der Waals surface area contributed by atoms with E-state index < -0.39 is 0 Å². The largest absolute Gasteiger partial charge is 0.298 e. The molecular weight excluding hydrogens is 160 g/mol. The van der Waals surface area contributed by atoms with Crippen molar-refractivity contribution in [3.8, 4) is 0 Å². The van der Waals surface area contributed by atoms with Crippen molar-refractivity contribution in [2.75, 3.05) is 13.1 Å². The summed E-state index contributed by atoms with van der Waals surface area (Å²) < 4.78 is 0. The molecule has 0 aromatic carbocycles. The first kappa shape index (κ1) is 8.70. The maximum absolute atomic E-state index is 4.33. The Morgan fingerprint density at radius 3 is 2.69 bits per heavy atom. The van der Waals surface area contributed by atoms with Gasteiger partial charge in [0, 0.05) is 12.7 Å². The van der Waals surface area contributed by atoms with Crippen molar-refractivity contribution in [2.24, 2.45) is 0 Å². The minimum Gasteiger partial charge on any atom is -0.298 e. The monoisotopic (exact) mass is 176 g/mol. The summed E-state index contributed by atoms with van der Waals surface area (Å²) in [5, 5.41) is 0. The van der Waals surface area contributed by atoms with Gasteiger partial charge >= 0.3 is 0 Å². The zero-order valence-electron chi connectivity index (χ0n) is 7.95. The molecular formula is C11H16N2. The summed E-state index contributed by atoms with van der Waals surface area (Å²) in [6, 6.07) is 6.14. The van der Waals surface area contributed by atoms with E-state index in [1.165, 1.54) is 38.0 Å². The first-order valence-corrected chi connectivity index (χ1v) is 5.07. The van der Waals surface area contributed by atoms with Crippen molar-refractivity contribution < 1.29 is 0 Å². The predicted molar refractivity (Wildman–Crippen MR) is 53.4 cm³/mol. The quantitative estimate of drug-likeness (QED) is 0.685. The maximum atomic E-state index is 4.33. The molecule has 2 nitrogen and oxygen atoms in total. The van der Waals surface area contributed by atoms with Crippen LogP contribution in [0.4, 0.5) is 0 Å². The molecule has 1 aliphatic heterocycles. The molecule has 0 spiro atoms. The Balaban J connectivity index is 1.90. The molecule has 13 heavy (non-hydrogen) atoms.